The Morgan fingerprint density at radius 3 is 2.94 bits per heavy atom. The van der Waals surface area contributed by atoms with E-state index in [1.807, 2.05) is 19.1 Å². The molecule has 0 unspecified atom stereocenters. The summed E-state index contributed by atoms with van der Waals surface area (Å²) in [5.41, 5.74) is 1.15. The number of halogens is 2. The van der Waals surface area contributed by atoms with E-state index in [2.05, 4.69) is 20.9 Å². The number of hydrogen-bond acceptors (Lipinski definition) is 3. The average Bonchev–Trinajstić information content (AvgIpc) is 2.26. The smallest absolute Gasteiger partial charge is 0.263 e. The summed E-state index contributed by atoms with van der Waals surface area (Å²) in [6.45, 7) is 1.78. The normalized spacial score (nSPS) is 10.5. The molecular weight excluding hydrogens is 305 g/mol. The van der Waals surface area contributed by atoms with Gasteiger partial charge in [-0.3, -0.25) is 9.36 Å². The molecule has 0 bridgehead atoms. The Balaban J connectivity index is 2.93. The van der Waals surface area contributed by atoms with Crippen LogP contribution >= 0.6 is 27.5 Å². The lowest BCUT2D eigenvalue weighted by Crippen LogP contribution is -2.22. The van der Waals surface area contributed by atoms with E-state index in [0.717, 1.165) is 14.6 Å². The molecule has 6 heteroatoms. The number of hydrogen-bond donors (Lipinski definition) is 0. The van der Waals surface area contributed by atoms with Crippen molar-refractivity contribution in [1.82, 2.24) is 9.55 Å². The van der Waals surface area contributed by atoms with Crippen molar-refractivity contribution in [1.29, 1.82) is 5.26 Å². The van der Waals surface area contributed by atoms with E-state index < -0.39 is 0 Å². The van der Waals surface area contributed by atoms with Gasteiger partial charge in [-0.05, 0) is 52.2 Å². The first-order valence-electron chi connectivity index (χ1n) is 4.77. The summed E-state index contributed by atoms with van der Waals surface area (Å²) in [7, 11) is 0. The molecule has 2 aromatic rings. The SMILES string of the molecule is Cc1cc(Br)c2nc(Cl)n(CC#N)c(=O)c2c1. The molecule has 1 heterocycles. The van der Waals surface area contributed by atoms with Gasteiger partial charge < -0.3 is 0 Å². The zero-order chi connectivity index (χ0) is 12.6. The van der Waals surface area contributed by atoms with Gasteiger partial charge in [0, 0.05) is 4.47 Å². The van der Waals surface area contributed by atoms with Crippen LogP contribution < -0.4 is 5.56 Å². The van der Waals surface area contributed by atoms with Crippen molar-refractivity contribution in [2.24, 2.45) is 0 Å². The van der Waals surface area contributed by atoms with E-state index in [0.29, 0.717) is 10.9 Å². The lowest BCUT2D eigenvalue weighted by Gasteiger charge is -2.07. The summed E-state index contributed by atoms with van der Waals surface area (Å²) in [6.07, 6.45) is 0. The van der Waals surface area contributed by atoms with Crippen LogP contribution in [0.4, 0.5) is 0 Å². The maximum absolute atomic E-state index is 12.1. The molecule has 1 aromatic heterocycles. The molecule has 86 valence electrons. The van der Waals surface area contributed by atoms with Crippen LogP contribution in [0.15, 0.2) is 21.4 Å². The third-order valence-corrected chi connectivity index (χ3v) is 3.23. The highest BCUT2D eigenvalue weighted by Gasteiger charge is 2.11. The molecule has 0 fully saturated rings. The molecule has 0 aliphatic carbocycles. The molecule has 0 N–H and O–H groups in total. The number of benzene rings is 1. The highest BCUT2D eigenvalue weighted by Crippen LogP contribution is 2.23. The predicted molar refractivity (Wildman–Crippen MR) is 69.1 cm³/mol. The van der Waals surface area contributed by atoms with Gasteiger partial charge in [0.2, 0.25) is 5.28 Å². The number of nitrogens with zero attached hydrogens (tertiary/aromatic N) is 3. The molecule has 0 aliphatic rings. The van der Waals surface area contributed by atoms with Gasteiger partial charge in [0.25, 0.3) is 5.56 Å². The third kappa shape index (κ3) is 2.06. The van der Waals surface area contributed by atoms with Gasteiger partial charge >= 0.3 is 0 Å². The highest BCUT2D eigenvalue weighted by atomic mass is 79.9. The predicted octanol–water partition coefficient (Wildman–Crippen LogP) is 2.64. The first-order chi connectivity index (χ1) is 8.04. The molecule has 0 amide bonds. The van der Waals surface area contributed by atoms with Crippen LogP contribution in [-0.4, -0.2) is 9.55 Å². The Bertz CT molecular complexity index is 702. The Hall–Kier alpha value is -1.38. The fraction of sp³-hybridized carbons (Fsp3) is 0.182. The molecule has 4 nitrogen and oxygen atoms in total. The zero-order valence-electron chi connectivity index (χ0n) is 8.87. The van der Waals surface area contributed by atoms with Crippen molar-refractivity contribution in [3.63, 3.8) is 0 Å². The van der Waals surface area contributed by atoms with E-state index in [4.69, 9.17) is 16.9 Å². The maximum Gasteiger partial charge on any atom is 0.263 e. The molecule has 17 heavy (non-hydrogen) atoms. The monoisotopic (exact) mass is 311 g/mol. The summed E-state index contributed by atoms with van der Waals surface area (Å²) in [6, 6.07) is 5.48. The van der Waals surface area contributed by atoms with Gasteiger partial charge in [0.15, 0.2) is 0 Å². The molecule has 2 rings (SSSR count). The number of aromatic nitrogens is 2. The molecule has 0 spiro atoms. The van der Waals surface area contributed by atoms with Crippen LogP contribution in [0.1, 0.15) is 5.56 Å². The second kappa shape index (κ2) is 4.47. The molecule has 0 saturated carbocycles. The van der Waals surface area contributed by atoms with Crippen molar-refractivity contribution >= 4 is 38.4 Å². The number of fused-ring (bicyclic) bond motifs is 1. The molecule has 0 atom stereocenters. The van der Waals surface area contributed by atoms with Crippen LogP contribution in [0.3, 0.4) is 0 Å². The Morgan fingerprint density at radius 2 is 2.29 bits per heavy atom. The Labute approximate surface area is 111 Å². The second-order valence-corrected chi connectivity index (χ2v) is 4.77. The average molecular weight is 313 g/mol. The Kier molecular flexibility index (Phi) is 3.18. The number of aryl methyl sites for hydroxylation is 1. The van der Waals surface area contributed by atoms with Gasteiger partial charge in [0.05, 0.1) is 17.0 Å². The Morgan fingerprint density at radius 1 is 1.59 bits per heavy atom. The number of rotatable bonds is 1. The summed E-state index contributed by atoms with van der Waals surface area (Å²) < 4.78 is 1.87. The van der Waals surface area contributed by atoms with Gasteiger partial charge in [-0.25, -0.2) is 4.98 Å². The van der Waals surface area contributed by atoms with Crippen molar-refractivity contribution in [2.75, 3.05) is 0 Å². The minimum Gasteiger partial charge on any atom is -0.269 e. The van der Waals surface area contributed by atoms with Crippen molar-refractivity contribution in [3.8, 4) is 6.07 Å². The van der Waals surface area contributed by atoms with Crippen molar-refractivity contribution in [2.45, 2.75) is 13.5 Å². The van der Waals surface area contributed by atoms with Crippen LogP contribution in [0.5, 0.6) is 0 Å². The van der Waals surface area contributed by atoms with Crippen LogP contribution in [0, 0.1) is 18.3 Å². The number of nitriles is 1. The summed E-state index contributed by atoms with van der Waals surface area (Å²) >= 11 is 9.22. The van der Waals surface area contributed by atoms with Gasteiger partial charge in [0.1, 0.15) is 6.54 Å². The fourth-order valence-electron chi connectivity index (χ4n) is 1.60. The summed E-state index contributed by atoms with van der Waals surface area (Å²) in [5.74, 6) is 0. The lowest BCUT2D eigenvalue weighted by molar-refractivity contribution is 0.776. The molecule has 1 aromatic carbocycles. The topological polar surface area (TPSA) is 58.7 Å². The van der Waals surface area contributed by atoms with Crippen LogP contribution in [-0.2, 0) is 6.54 Å². The minimum atomic E-state index is -0.300. The molecule has 0 aliphatic heterocycles. The van der Waals surface area contributed by atoms with Gasteiger partial charge in [-0.1, -0.05) is 0 Å². The molecule has 0 radical (unpaired) electrons. The van der Waals surface area contributed by atoms with Crippen molar-refractivity contribution in [3.05, 3.63) is 37.8 Å². The lowest BCUT2D eigenvalue weighted by atomic mass is 10.2. The second-order valence-electron chi connectivity index (χ2n) is 3.57. The molecule has 0 saturated heterocycles. The van der Waals surface area contributed by atoms with E-state index in [9.17, 15) is 4.79 Å². The van der Waals surface area contributed by atoms with Gasteiger partial charge in [-0.2, -0.15) is 5.26 Å². The largest absolute Gasteiger partial charge is 0.269 e. The van der Waals surface area contributed by atoms with Crippen molar-refractivity contribution < 1.29 is 0 Å². The van der Waals surface area contributed by atoms with Gasteiger partial charge in [-0.15, -0.1) is 0 Å². The highest BCUT2D eigenvalue weighted by molar-refractivity contribution is 9.10. The minimum absolute atomic E-state index is 0.0219. The van der Waals surface area contributed by atoms with E-state index >= 15 is 0 Å². The summed E-state index contributed by atoms with van der Waals surface area (Å²) in [5, 5.41) is 9.12. The van der Waals surface area contributed by atoms with E-state index in [1.54, 1.807) is 6.07 Å². The summed E-state index contributed by atoms with van der Waals surface area (Å²) in [4.78, 5) is 16.2. The fourth-order valence-corrected chi connectivity index (χ4v) is 2.49. The standard InChI is InChI=1S/C11H7BrClN3O/c1-6-4-7-9(8(12)5-6)15-11(13)16(3-2-14)10(7)17/h4-5H,3H2,1H3. The first kappa shape index (κ1) is 12.1. The molecular formula is C11H7BrClN3O. The van der Waals surface area contributed by atoms with E-state index in [-0.39, 0.29) is 17.4 Å². The van der Waals surface area contributed by atoms with Crippen LogP contribution in [0.25, 0.3) is 10.9 Å². The maximum atomic E-state index is 12.1. The third-order valence-electron chi connectivity index (χ3n) is 2.34. The van der Waals surface area contributed by atoms with E-state index in [1.165, 1.54) is 0 Å². The first-order valence-corrected chi connectivity index (χ1v) is 5.95. The quantitative estimate of drug-likeness (QED) is 0.761. The zero-order valence-corrected chi connectivity index (χ0v) is 11.2. The van der Waals surface area contributed by atoms with Crippen LogP contribution in [0.2, 0.25) is 5.28 Å².